The first kappa shape index (κ1) is 12.1. The molecular weight excluding hydrogens is 250 g/mol. The van der Waals surface area contributed by atoms with E-state index in [0.29, 0.717) is 17.4 Å². The Labute approximate surface area is 119 Å². The molecule has 1 heterocycles. The van der Waals surface area contributed by atoms with Crippen LogP contribution >= 0.6 is 0 Å². The first-order valence-corrected chi connectivity index (χ1v) is 7.59. The van der Waals surface area contributed by atoms with Crippen LogP contribution in [0.15, 0.2) is 6.20 Å². The maximum Gasteiger partial charge on any atom is 0.234 e. The molecule has 1 aromatic rings. The summed E-state index contributed by atoms with van der Waals surface area (Å²) >= 11 is 0. The summed E-state index contributed by atoms with van der Waals surface area (Å²) in [6.45, 7) is 0. The van der Waals surface area contributed by atoms with Crippen LogP contribution in [0, 0.1) is 35.0 Å². The molecule has 0 aliphatic heterocycles. The molecule has 0 spiro atoms. The van der Waals surface area contributed by atoms with Crippen molar-refractivity contribution in [2.24, 2.45) is 23.7 Å². The molecule has 4 fully saturated rings. The van der Waals surface area contributed by atoms with Crippen LogP contribution in [0.5, 0.6) is 5.88 Å². The summed E-state index contributed by atoms with van der Waals surface area (Å²) in [5.41, 5.74) is 0.431. The molecule has 0 unspecified atom stereocenters. The van der Waals surface area contributed by atoms with Crippen LogP contribution in [-0.2, 0) is 0 Å². The highest BCUT2D eigenvalue weighted by Crippen LogP contribution is 2.59. The normalized spacial score (nSPS) is 37.7. The summed E-state index contributed by atoms with van der Waals surface area (Å²) in [5.74, 6) is 5.25. The van der Waals surface area contributed by atoms with Gasteiger partial charge in [-0.1, -0.05) is 0 Å². The molecule has 0 amide bonds. The van der Waals surface area contributed by atoms with Gasteiger partial charge in [-0.25, -0.2) is 4.98 Å². The number of aromatic nitrogens is 2. The Balaban J connectivity index is 1.69. The van der Waals surface area contributed by atoms with Gasteiger partial charge in [0.1, 0.15) is 17.5 Å². The van der Waals surface area contributed by atoms with Crippen molar-refractivity contribution in [1.82, 2.24) is 9.97 Å². The molecule has 4 bridgehead atoms. The van der Waals surface area contributed by atoms with Crippen molar-refractivity contribution in [3.63, 3.8) is 0 Å². The molecule has 4 aliphatic carbocycles. The molecule has 4 nitrogen and oxygen atoms in total. The standard InChI is InChI=1S/C16H19N3O/c1-20-16-13(7-17)8-18-15(19-16)14-11-3-9-2-10(5-11)6-12(14)4-9/h8-12,14H,2-6H2,1H3. The average Bonchev–Trinajstić information content (AvgIpc) is 2.46. The lowest BCUT2D eigenvalue weighted by Gasteiger charge is -2.53. The first-order chi connectivity index (χ1) is 9.78. The minimum atomic E-state index is 0.431. The van der Waals surface area contributed by atoms with Gasteiger partial charge in [-0.15, -0.1) is 0 Å². The molecule has 0 N–H and O–H groups in total. The van der Waals surface area contributed by atoms with Crippen molar-refractivity contribution >= 4 is 0 Å². The molecule has 104 valence electrons. The second-order valence-electron chi connectivity index (χ2n) is 6.72. The fourth-order valence-corrected chi connectivity index (χ4v) is 5.12. The quantitative estimate of drug-likeness (QED) is 0.828. The third kappa shape index (κ3) is 1.72. The number of methoxy groups -OCH3 is 1. The highest BCUT2D eigenvalue weighted by molar-refractivity contribution is 5.36. The zero-order chi connectivity index (χ0) is 13.7. The molecule has 4 heteroatoms. The van der Waals surface area contributed by atoms with Gasteiger partial charge in [0, 0.05) is 5.92 Å². The van der Waals surface area contributed by atoms with E-state index in [1.807, 2.05) is 0 Å². The van der Waals surface area contributed by atoms with E-state index >= 15 is 0 Å². The third-order valence-corrected chi connectivity index (χ3v) is 5.61. The van der Waals surface area contributed by atoms with Crippen molar-refractivity contribution in [2.45, 2.75) is 38.0 Å². The number of hydrogen-bond donors (Lipinski definition) is 0. The van der Waals surface area contributed by atoms with E-state index in [1.54, 1.807) is 13.3 Å². The predicted octanol–water partition coefficient (Wildman–Crippen LogP) is 2.90. The van der Waals surface area contributed by atoms with Crippen molar-refractivity contribution in [1.29, 1.82) is 5.26 Å². The monoisotopic (exact) mass is 269 g/mol. The van der Waals surface area contributed by atoms with Crippen LogP contribution in [0.4, 0.5) is 0 Å². The molecule has 4 saturated carbocycles. The van der Waals surface area contributed by atoms with Crippen molar-refractivity contribution in [2.75, 3.05) is 7.11 Å². The maximum absolute atomic E-state index is 9.04. The van der Waals surface area contributed by atoms with Crippen LogP contribution in [0.25, 0.3) is 0 Å². The predicted molar refractivity (Wildman–Crippen MR) is 73.1 cm³/mol. The van der Waals surface area contributed by atoms with E-state index in [9.17, 15) is 0 Å². The van der Waals surface area contributed by atoms with Crippen LogP contribution in [0.2, 0.25) is 0 Å². The average molecular weight is 269 g/mol. The summed E-state index contributed by atoms with van der Waals surface area (Å²) in [7, 11) is 1.57. The van der Waals surface area contributed by atoms with Gasteiger partial charge in [-0.05, 0) is 55.8 Å². The molecule has 0 aromatic carbocycles. The van der Waals surface area contributed by atoms with Crippen LogP contribution in [-0.4, -0.2) is 17.1 Å². The van der Waals surface area contributed by atoms with E-state index in [4.69, 9.17) is 10.00 Å². The van der Waals surface area contributed by atoms with E-state index in [0.717, 1.165) is 29.5 Å². The van der Waals surface area contributed by atoms with Crippen molar-refractivity contribution < 1.29 is 4.74 Å². The highest BCUT2D eigenvalue weighted by Gasteiger charge is 2.49. The summed E-state index contributed by atoms with van der Waals surface area (Å²) in [4.78, 5) is 9.04. The topological polar surface area (TPSA) is 58.8 Å². The Morgan fingerprint density at radius 2 is 1.80 bits per heavy atom. The van der Waals surface area contributed by atoms with E-state index < -0.39 is 0 Å². The minimum absolute atomic E-state index is 0.431. The molecule has 5 rings (SSSR count). The lowest BCUT2D eigenvalue weighted by molar-refractivity contribution is -0.00581. The number of ether oxygens (including phenoxy) is 1. The Hall–Kier alpha value is -1.63. The van der Waals surface area contributed by atoms with Gasteiger partial charge in [0.15, 0.2) is 0 Å². The van der Waals surface area contributed by atoms with Gasteiger partial charge in [0.05, 0.1) is 13.3 Å². The number of rotatable bonds is 2. The second-order valence-corrected chi connectivity index (χ2v) is 6.72. The van der Waals surface area contributed by atoms with E-state index in [1.165, 1.54) is 32.1 Å². The fraction of sp³-hybridized carbons (Fsp3) is 0.688. The highest BCUT2D eigenvalue weighted by atomic mass is 16.5. The Morgan fingerprint density at radius 3 is 2.35 bits per heavy atom. The SMILES string of the molecule is COc1nc(C2C3CC4CC(C3)CC2C4)ncc1C#N. The van der Waals surface area contributed by atoms with Gasteiger partial charge in [-0.3, -0.25) is 0 Å². The fourth-order valence-electron chi connectivity index (χ4n) is 5.12. The minimum Gasteiger partial charge on any atom is -0.480 e. The Bertz CT molecular complexity index is 550. The molecule has 1 aromatic heterocycles. The van der Waals surface area contributed by atoms with Crippen LogP contribution in [0.1, 0.15) is 49.4 Å². The molecular formula is C16H19N3O. The van der Waals surface area contributed by atoms with Gasteiger partial charge in [-0.2, -0.15) is 10.2 Å². The largest absolute Gasteiger partial charge is 0.480 e. The van der Waals surface area contributed by atoms with Crippen LogP contribution < -0.4 is 4.74 Å². The van der Waals surface area contributed by atoms with Gasteiger partial charge >= 0.3 is 0 Å². The third-order valence-electron chi connectivity index (χ3n) is 5.61. The number of nitriles is 1. The summed E-state index contributed by atoms with van der Waals surface area (Å²) in [6.07, 6.45) is 8.49. The molecule has 0 saturated heterocycles. The molecule has 0 atom stereocenters. The first-order valence-electron chi connectivity index (χ1n) is 7.59. The summed E-state index contributed by atoms with van der Waals surface area (Å²) in [6, 6.07) is 2.09. The summed E-state index contributed by atoms with van der Waals surface area (Å²) in [5, 5.41) is 9.04. The van der Waals surface area contributed by atoms with E-state index in [-0.39, 0.29) is 0 Å². The van der Waals surface area contributed by atoms with Gasteiger partial charge in [0.25, 0.3) is 0 Å². The maximum atomic E-state index is 9.04. The smallest absolute Gasteiger partial charge is 0.234 e. The lowest BCUT2D eigenvalue weighted by Crippen LogP contribution is -2.44. The zero-order valence-corrected chi connectivity index (χ0v) is 11.7. The molecule has 4 aliphatic rings. The van der Waals surface area contributed by atoms with Gasteiger partial charge in [0.2, 0.25) is 5.88 Å². The zero-order valence-electron chi connectivity index (χ0n) is 11.7. The lowest BCUT2D eigenvalue weighted by atomic mass is 9.51. The van der Waals surface area contributed by atoms with Crippen molar-refractivity contribution in [3.05, 3.63) is 17.6 Å². The second kappa shape index (κ2) is 4.44. The van der Waals surface area contributed by atoms with Crippen molar-refractivity contribution in [3.8, 4) is 11.9 Å². The Kier molecular flexibility index (Phi) is 2.70. The molecule has 0 radical (unpaired) electrons. The van der Waals surface area contributed by atoms with E-state index in [2.05, 4.69) is 16.0 Å². The Morgan fingerprint density at radius 1 is 1.15 bits per heavy atom. The number of nitrogens with zero attached hydrogens (tertiary/aromatic N) is 3. The summed E-state index contributed by atoms with van der Waals surface area (Å²) < 4.78 is 5.25. The number of hydrogen-bond acceptors (Lipinski definition) is 4. The molecule has 20 heavy (non-hydrogen) atoms. The van der Waals surface area contributed by atoms with Gasteiger partial charge < -0.3 is 4.74 Å². The van der Waals surface area contributed by atoms with Crippen LogP contribution in [0.3, 0.4) is 0 Å².